The van der Waals surface area contributed by atoms with Crippen molar-refractivity contribution >= 4 is 45.1 Å². The van der Waals surface area contributed by atoms with E-state index in [1.54, 1.807) is 18.2 Å². The van der Waals surface area contributed by atoms with Crippen LogP contribution < -0.4 is 0 Å². The minimum Gasteiger partial charge on any atom is -0.476 e. The minimum absolute atomic E-state index is 0.0612. The lowest BCUT2D eigenvalue weighted by Gasteiger charge is -2.09. The Balaban J connectivity index is 2.22. The zero-order chi connectivity index (χ0) is 16.6. The molecule has 0 aliphatic rings. The average molecular weight is 412 g/mol. The molecule has 0 bridgehead atoms. The van der Waals surface area contributed by atoms with Gasteiger partial charge in [-0.25, -0.2) is 9.48 Å². The van der Waals surface area contributed by atoms with Crippen molar-refractivity contribution in [2.24, 2.45) is 0 Å². The molecule has 0 spiro atoms. The maximum atomic E-state index is 11.3. The lowest BCUT2D eigenvalue weighted by Crippen LogP contribution is -2.03. The highest BCUT2D eigenvalue weighted by Crippen LogP contribution is 2.30. The highest BCUT2D eigenvalue weighted by Gasteiger charge is 2.17. The van der Waals surface area contributed by atoms with Gasteiger partial charge in [-0.15, -0.1) is 0 Å². The SMILES string of the molecule is O=C(O)c1cc(-c2ccc(Br)cc2)n(-c2ccc(Cl)cc2Cl)n1. The summed E-state index contributed by atoms with van der Waals surface area (Å²) in [5.74, 6) is -1.10. The molecule has 0 aliphatic carbocycles. The predicted octanol–water partition coefficient (Wildman–Crippen LogP) is 5.31. The van der Waals surface area contributed by atoms with Gasteiger partial charge in [-0.05, 0) is 36.4 Å². The van der Waals surface area contributed by atoms with Crippen molar-refractivity contribution in [3.63, 3.8) is 0 Å². The van der Waals surface area contributed by atoms with Gasteiger partial charge in [0.2, 0.25) is 0 Å². The van der Waals surface area contributed by atoms with Crippen molar-refractivity contribution in [1.29, 1.82) is 0 Å². The van der Waals surface area contributed by atoms with Crippen LogP contribution in [0.1, 0.15) is 10.5 Å². The smallest absolute Gasteiger partial charge is 0.356 e. The second-order valence-electron chi connectivity index (χ2n) is 4.73. The third-order valence-electron chi connectivity index (χ3n) is 3.21. The largest absolute Gasteiger partial charge is 0.476 e. The molecule has 0 saturated carbocycles. The van der Waals surface area contributed by atoms with E-state index < -0.39 is 5.97 Å². The first kappa shape index (κ1) is 16.1. The Morgan fingerprint density at radius 2 is 1.78 bits per heavy atom. The molecule has 0 amide bonds. The van der Waals surface area contributed by atoms with Crippen molar-refractivity contribution in [1.82, 2.24) is 9.78 Å². The highest BCUT2D eigenvalue weighted by atomic mass is 79.9. The highest BCUT2D eigenvalue weighted by molar-refractivity contribution is 9.10. The van der Waals surface area contributed by atoms with E-state index in [0.717, 1.165) is 10.0 Å². The summed E-state index contributed by atoms with van der Waals surface area (Å²) in [6, 6.07) is 14.0. The van der Waals surface area contributed by atoms with Gasteiger partial charge in [-0.2, -0.15) is 5.10 Å². The van der Waals surface area contributed by atoms with E-state index in [2.05, 4.69) is 21.0 Å². The minimum atomic E-state index is -1.10. The fraction of sp³-hybridized carbons (Fsp3) is 0. The molecular formula is C16H9BrCl2N2O2. The number of rotatable bonds is 3. The summed E-state index contributed by atoms with van der Waals surface area (Å²) in [5.41, 5.74) is 1.94. The monoisotopic (exact) mass is 410 g/mol. The predicted molar refractivity (Wildman–Crippen MR) is 93.7 cm³/mol. The van der Waals surface area contributed by atoms with Crippen molar-refractivity contribution in [2.45, 2.75) is 0 Å². The average Bonchev–Trinajstić information content (AvgIpc) is 2.93. The van der Waals surface area contributed by atoms with Gasteiger partial charge in [0.1, 0.15) is 0 Å². The van der Waals surface area contributed by atoms with E-state index in [-0.39, 0.29) is 5.69 Å². The van der Waals surface area contributed by atoms with E-state index in [1.165, 1.54) is 10.7 Å². The molecule has 3 aromatic rings. The lowest BCUT2D eigenvalue weighted by molar-refractivity contribution is 0.0690. The molecule has 0 fully saturated rings. The number of aromatic nitrogens is 2. The lowest BCUT2D eigenvalue weighted by atomic mass is 10.1. The first-order valence-electron chi connectivity index (χ1n) is 6.50. The number of nitrogens with zero attached hydrogens (tertiary/aromatic N) is 2. The third-order valence-corrected chi connectivity index (χ3v) is 4.27. The van der Waals surface area contributed by atoms with E-state index in [1.807, 2.05) is 24.3 Å². The third kappa shape index (κ3) is 3.27. The summed E-state index contributed by atoms with van der Waals surface area (Å²) in [7, 11) is 0. The van der Waals surface area contributed by atoms with Crippen LogP contribution in [0.5, 0.6) is 0 Å². The van der Waals surface area contributed by atoms with Gasteiger partial charge in [0.05, 0.1) is 16.4 Å². The zero-order valence-corrected chi connectivity index (χ0v) is 14.6. The molecule has 3 rings (SSSR count). The van der Waals surface area contributed by atoms with E-state index in [9.17, 15) is 9.90 Å². The molecule has 116 valence electrons. The molecule has 0 aliphatic heterocycles. The van der Waals surface area contributed by atoms with Crippen LogP contribution in [0, 0.1) is 0 Å². The van der Waals surface area contributed by atoms with Crippen LogP contribution in [0.3, 0.4) is 0 Å². The summed E-state index contributed by atoms with van der Waals surface area (Å²) >= 11 is 15.5. The molecule has 0 radical (unpaired) electrons. The number of hydrogen-bond donors (Lipinski definition) is 1. The Morgan fingerprint density at radius 1 is 1.09 bits per heavy atom. The Kier molecular flexibility index (Phi) is 4.43. The topological polar surface area (TPSA) is 55.1 Å². The summed E-state index contributed by atoms with van der Waals surface area (Å²) in [4.78, 5) is 11.3. The quantitative estimate of drug-likeness (QED) is 0.635. The molecule has 1 N–H and O–H groups in total. The van der Waals surface area contributed by atoms with Crippen molar-refractivity contribution < 1.29 is 9.90 Å². The zero-order valence-electron chi connectivity index (χ0n) is 11.5. The molecule has 0 unspecified atom stereocenters. The van der Waals surface area contributed by atoms with Crippen LogP contribution in [0.25, 0.3) is 16.9 Å². The standard InChI is InChI=1S/C16H9BrCl2N2O2/c17-10-3-1-9(2-4-10)15-8-13(16(22)23)20-21(15)14-6-5-11(18)7-12(14)19/h1-8H,(H,22,23). The van der Waals surface area contributed by atoms with Crippen molar-refractivity contribution in [3.8, 4) is 16.9 Å². The summed E-state index contributed by atoms with van der Waals surface area (Å²) in [5, 5.41) is 14.3. The normalized spacial score (nSPS) is 10.7. The number of hydrogen-bond acceptors (Lipinski definition) is 2. The molecule has 0 atom stereocenters. The van der Waals surface area contributed by atoms with Gasteiger partial charge in [0.15, 0.2) is 5.69 Å². The number of halogens is 3. The van der Waals surface area contributed by atoms with Crippen molar-refractivity contribution in [3.05, 3.63) is 68.7 Å². The van der Waals surface area contributed by atoms with Crippen LogP contribution in [-0.2, 0) is 0 Å². The molecule has 1 aromatic heterocycles. The summed E-state index contributed by atoms with van der Waals surface area (Å²) < 4.78 is 2.43. The van der Waals surface area contributed by atoms with E-state index in [4.69, 9.17) is 23.2 Å². The Bertz CT molecular complexity index is 892. The molecule has 2 aromatic carbocycles. The maximum Gasteiger partial charge on any atom is 0.356 e. The Morgan fingerprint density at radius 3 is 2.39 bits per heavy atom. The van der Waals surface area contributed by atoms with E-state index in [0.29, 0.717) is 21.4 Å². The Labute approximate surface area is 150 Å². The number of carbonyl (C=O) groups is 1. The first-order chi connectivity index (χ1) is 11.0. The van der Waals surface area contributed by atoms with Crippen LogP contribution in [-0.4, -0.2) is 20.9 Å². The Hall–Kier alpha value is -1.82. The summed E-state index contributed by atoms with van der Waals surface area (Å²) in [6.07, 6.45) is 0. The maximum absolute atomic E-state index is 11.3. The second kappa shape index (κ2) is 6.35. The van der Waals surface area contributed by atoms with Crippen LogP contribution in [0.2, 0.25) is 10.0 Å². The van der Waals surface area contributed by atoms with Gasteiger partial charge in [-0.3, -0.25) is 0 Å². The first-order valence-corrected chi connectivity index (χ1v) is 8.05. The van der Waals surface area contributed by atoms with Crippen LogP contribution >= 0.6 is 39.1 Å². The van der Waals surface area contributed by atoms with Crippen LogP contribution in [0.4, 0.5) is 0 Å². The number of carboxylic acid groups (broad SMARTS) is 1. The molecule has 7 heteroatoms. The van der Waals surface area contributed by atoms with Gasteiger partial charge in [-0.1, -0.05) is 51.3 Å². The second-order valence-corrected chi connectivity index (χ2v) is 6.49. The molecule has 1 heterocycles. The van der Waals surface area contributed by atoms with Gasteiger partial charge < -0.3 is 5.11 Å². The number of benzene rings is 2. The number of carboxylic acids is 1. The number of aromatic carboxylic acids is 1. The summed E-state index contributed by atoms with van der Waals surface area (Å²) in [6.45, 7) is 0. The molecular weight excluding hydrogens is 403 g/mol. The molecule has 23 heavy (non-hydrogen) atoms. The molecule has 0 saturated heterocycles. The van der Waals surface area contributed by atoms with Gasteiger partial charge >= 0.3 is 5.97 Å². The van der Waals surface area contributed by atoms with Crippen molar-refractivity contribution in [2.75, 3.05) is 0 Å². The van der Waals surface area contributed by atoms with Gasteiger partial charge in [0, 0.05) is 15.1 Å². The fourth-order valence-electron chi connectivity index (χ4n) is 2.15. The van der Waals surface area contributed by atoms with Crippen LogP contribution in [0.15, 0.2) is 53.0 Å². The van der Waals surface area contributed by atoms with E-state index >= 15 is 0 Å². The van der Waals surface area contributed by atoms with Gasteiger partial charge in [0.25, 0.3) is 0 Å². The fourth-order valence-corrected chi connectivity index (χ4v) is 2.90. The molecule has 4 nitrogen and oxygen atoms in total.